The van der Waals surface area contributed by atoms with Crippen LogP contribution in [0.15, 0.2) is 0 Å². The van der Waals surface area contributed by atoms with Crippen LogP contribution in [0.2, 0.25) is 0 Å². The molecule has 0 heterocycles. The van der Waals surface area contributed by atoms with Crippen LogP contribution >= 0.6 is 0 Å². The van der Waals surface area contributed by atoms with E-state index >= 15 is 0 Å². The van der Waals surface area contributed by atoms with Crippen LogP contribution in [0.4, 0.5) is 0 Å². The molecular formula is B110. The van der Waals surface area contributed by atoms with Gasteiger partial charge in [0.2, 0.25) is 0 Å². The van der Waals surface area contributed by atoms with Crippen molar-refractivity contribution in [2.24, 2.45) is 0 Å². The lowest BCUT2D eigenvalue weighted by molar-refractivity contribution is 3.12. The maximum atomic E-state index is 7.31. The molecule has 0 atom stereocenters. The summed E-state index contributed by atoms with van der Waals surface area (Å²) in [5.41, 5.74) is 0. The minimum atomic E-state index is -2.50. The van der Waals surface area contributed by atoms with Crippen molar-refractivity contribution in [3.05, 3.63) is 0 Å². The third-order valence-corrected chi connectivity index (χ3v) is 23.6. The molecule has 0 aromatic heterocycles. The van der Waals surface area contributed by atoms with Crippen molar-refractivity contribution >= 4 is 778 Å². The second-order valence-electron chi connectivity index (χ2n) is 31.2. The molecule has 112 radical (unpaired) electrons. The van der Waals surface area contributed by atoms with Crippen LogP contribution in [-0.2, 0) is 0 Å². The van der Waals surface area contributed by atoms with Gasteiger partial charge >= 0.3 is 0 Å². The SMILES string of the molecule is [B]B([B])B(B([B])[B])B(B(B([B])[B])B([B])[B])B(B(B(B([B])[B])B([B])[B])B(B([B])[B])B([B])[B])B(B(B(B([B])[B])B([B])[B])B(B([B])[B])B([B])[B])B(B(B(B(B([B])[B])B([B])[B])B(B([B])[B])B([B])[B])B(B(B([B])[B])B([B])[B])B(B([B])[B])B([B])[B])B(B(B(B([B])[B])B([B])[B])B(B([B])[B])B([B])[B])B(B(B([B])[B])B([B])[B])B(B([B])[B])B([B])[B]. The lowest BCUT2D eigenvalue weighted by Crippen LogP contribution is -3.02. The van der Waals surface area contributed by atoms with Gasteiger partial charge in [-0.05, 0) is 0 Å². The Morgan fingerprint density at radius 3 is 0.100 bits per heavy atom. The highest BCUT2D eigenvalue weighted by Gasteiger charge is 2.70. The molecule has 0 saturated heterocycles. The quantitative estimate of drug-likeness (QED) is 0.0533. The van der Waals surface area contributed by atoms with Gasteiger partial charge in [0.25, 0.3) is 0 Å². The lowest BCUT2D eigenvalue weighted by atomic mass is 8.17. The largest absolute Gasteiger partial charge is 0 e. The molecule has 0 aliphatic heterocycles. The number of hydrogen-bond acceptors (Lipinski definition) is 0. The Bertz CT molecular complexity index is 1850. The molecule has 0 spiro atoms. The predicted octanol–water partition coefficient (Wildman–Crippen LogP) is -41.9. The van der Waals surface area contributed by atoms with E-state index < -0.39 is 345 Å². The van der Waals surface area contributed by atoms with Gasteiger partial charge in [-0.3, -0.25) is 0 Å². The van der Waals surface area contributed by atoms with E-state index in [4.69, 9.17) is 433 Å². The molecule has 110 heteroatoms. The van der Waals surface area contributed by atoms with Gasteiger partial charge in [0, 0.05) is 778 Å². The third-order valence-electron chi connectivity index (χ3n) is 23.6. The molecule has 0 rings (SSSR count). The summed E-state index contributed by atoms with van der Waals surface area (Å²) in [5, 5.41) is 0. The predicted molar refractivity (Wildman–Crippen MR) is 633 cm³/mol. The van der Waals surface area contributed by atoms with E-state index in [1.54, 1.807) is 0 Å². The fraction of sp³-hybridized carbons (Fsp3) is 0. The fourth-order valence-electron chi connectivity index (χ4n) is 20.0. The standard InChI is InChI=1S/B110/c1-57(2)85(58(3)4)99(86(59(5)6)60(7)8)106(100(87(61(9)10)62(11)12)88(63(13)14)64(15)16)109(105(97(81(49)50)82(51)52)98(83(53)54)84(55)56)110(107(101(89(65(17)18)66(19)20)90(67(21)22)68(23)24)102(91(69(25)26)70(27)28)92(71(29)30)72(31)32)108(103(93(73(33)34)74(35)36)94(75(37)38)76(39)40)104(95(77(41)42)78(43)44)96(79(45)46)80(47)48. The Morgan fingerprint density at radius 1 is 0.0455 bits per heavy atom. The first-order valence-electron chi connectivity index (χ1n) is 36.3. The first kappa shape index (κ1) is 117. The minimum Gasteiger partial charge on any atom is 0 e. The summed E-state index contributed by atoms with van der Waals surface area (Å²) in [7, 11) is 405. The summed E-state index contributed by atoms with van der Waals surface area (Å²) < 4.78 is 0. The van der Waals surface area contributed by atoms with Crippen molar-refractivity contribution in [3.63, 3.8) is 0 Å². The Hall–Kier alpha value is 7.14. The van der Waals surface area contributed by atoms with E-state index in [9.17, 15) is 0 Å². The highest BCUT2D eigenvalue weighted by molar-refractivity contribution is 8.45. The molecule has 0 aliphatic carbocycles. The van der Waals surface area contributed by atoms with Crippen molar-refractivity contribution < 1.29 is 0 Å². The third kappa shape index (κ3) is 31.2. The monoisotopic (exact) mass is 1210 g/mol. The first-order chi connectivity index (χ1) is 50.0. The van der Waals surface area contributed by atoms with Crippen LogP contribution in [0.3, 0.4) is 0 Å². The second kappa shape index (κ2) is 53.8. The average molecular weight is 1190 g/mol. The molecule has 0 N–H and O–H groups in total. The van der Waals surface area contributed by atoms with Crippen LogP contribution < -0.4 is 0 Å². The van der Waals surface area contributed by atoms with E-state index in [2.05, 4.69) is 0 Å². The van der Waals surface area contributed by atoms with Crippen LogP contribution in [0, 0.1) is 0 Å². The normalized spacial score (nSPS) is 9.85. The highest BCUT2D eigenvalue weighted by Crippen LogP contribution is 2.32. The molecule has 0 amide bonds. The zero-order chi connectivity index (χ0) is 87.2. The van der Waals surface area contributed by atoms with Gasteiger partial charge in [-0.25, -0.2) is 0 Å². The molecule has 110 heavy (non-hydrogen) atoms. The van der Waals surface area contributed by atoms with Crippen molar-refractivity contribution in [2.45, 2.75) is 0 Å². The molecule has 0 aliphatic rings. The van der Waals surface area contributed by atoms with E-state index in [1.165, 1.54) is 0 Å². The Balaban J connectivity index is 15.6. The first-order valence-corrected chi connectivity index (χ1v) is 36.3. The van der Waals surface area contributed by atoms with Crippen LogP contribution in [0.25, 0.3) is 0 Å². The molecular weight excluding hydrogens is 1190 g/mol. The molecule has 0 fully saturated rings. The van der Waals surface area contributed by atoms with Gasteiger partial charge < -0.3 is 0 Å². The van der Waals surface area contributed by atoms with E-state index in [-0.39, 0.29) is 0 Å². The van der Waals surface area contributed by atoms with Crippen LogP contribution in [-0.4, -0.2) is 778 Å². The Morgan fingerprint density at radius 2 is 0.0727 bits per heavy atom. The van der Waals surface area contributed by atoms with Crippen LogP contribution in [0.1, 0.15) is 0 Å². The van der Waals surface area contributed by atoms with Gasteiger partial charge in [0.1, 0.15) is 0 Å². The average Bonchev–Trinajstić information content (AvgIpc) is 0.705. The zero-order valence-electron chi connectivity index (χ0n) is 63.5. The van der Waals surface area contributed by atoms with Gasteiger partial charge in [-0.2, -0.15) is 0 Å². The fourth-order valence-corrected chi connectivity index (χ4v) is 20.0. The summed E-state index contributed by atoms with van der Waals surface area (Å²) in [6.07, 6.45) is -109. The summed E-state index contributed by atoms with van der Waals surface area (Å²) >= 11 is 0. The maximum absolute atomic E-state index is 7.31. The molecule has 0 aromatic carbocycles. The molecule has 330 valence electrons. The molecule has 0 aromatic rings. The van der Waals surface area contributed by atoms with E-state index in [1.807, 2.05) is 0 Å². The van der Waals surface area contributed by atoms with Crippen molar-refractivity contribution in [1.82, 2.24) is 0 Å². The zero-order valence-corrected chi connectivity index (χ0v) is 63.5. The lowest BCUT2D eigenvalue weighted by Gasteiger charge is -2.64. The smallest absolute Gasteiger partial charge is 0 e. The van der Waals surface area contributed by atoms with Crippen molar-refractivity contribution in [1.29, 1.82) is 0 Å². The van der Waals surface area contributed by atoms with Gasteiger partial charge in [-0.15, -0.1) is 0 Å². The summed E-state index contributed by atoms with van der Waals surface area (Å²) in [6.45, 7) is 0. The van der Waals surface area contributed by atoms with E-state index in [0.29, 0.717) is 0 Å². The Labute approximate surface area is 769 Å². The Kier molecular flexibility index (Phi) is 57.3. The van der Waals surface area contributed by atoms with Crippen molar-refractivity contribution in [2.75, 3.05) is 0 Å². The van der Waals surface area contributed by atoms with Gasteiger partial charge in [0.15, 0.2) is 0 Å². The van der Waals surface area contributed by atoms with Gasteiger partial charge in [0.05, 0.1) is 0 Å². The number of hydrogen-bond donors (Lipinski definition) is 0. The summed E-state index contributed by atoms with van der Waals surface area (Å²) in [6, 6.07) is 0. The number of rotatable bonds is 53. The van der Waals surface area contributed by atoms with Crippen molar-refractivity contribution in [3.8, 4) is 0 Å². The highest BCUT2D eigenvalue weighted by atomic mass is 13.5. The molecule has 0 unspecified atom stereocenters. The molecule has 0 nitrogen and oxygen atoms in total. The van der Waals surface area contributed by atoms with E-state index in [0.717, 1.165) is 0 Å². The summed E-state index contributed by atoms with van der Waals surface area (Å²) in [5.74, 6) is 0. The van der Waals surface area contributed by atoms with Crippen LogP contribution in [0.5, 0.6) is 0 Å². The topological polar surface area (TPSA) is 0 Å². The maximum Gasteiger partial charge on any atom is 0 e. The van der Waals surface area contributed by atoms with Gasteiger partial charge in [-0.1, -0.05) is 0 Å². The second-order valence-corrected chi connectivity index (χ2v) is 31.2. The summed E-state index contributed by atoms with van der Waals surface area (Å²) in [4.78, 5) is 0. The molecule has 0 saturated carbocycles. The minimum absolute atomic E-state index is 1.90. The molecule has 0 bridgehead atoms.